The summed E-state index contributed by atoms with van der Waals surface area (Å²) in [6.07, 6.45) is -11.5. The van der Waals surface area contributed by atoms with Gasteiger partial charge in [-0.2, -0.15) is 44.6 Å². The van der Waals surface area contributed by atoms with Gasteiger partial charge < -0.3 is 30.4 Å². The van der Waals surface area contributed by atoms with E-state index < -0.39 is 42.1 Å². The number of halogens is 9. The summed E-state index contributed by atoms with van der Waals surface area (Å²) in [6, 6.07) is 11.9. The number of amides is 1. The number of carboxylic acids is 2. The Hall–Kier alpha value is -6.09. The molecule has 2 aromatic carbocycles. The van der Waals surface area contributed by atoms with Crippen LogP contribution >= 0.6 is 0 Å². The smallest absolute Gasteiger partial charge is 0.475 e. The van der Waals surface area contributed by atoms with Crippen molar-refractivity contribution in [2.24, 2.45) is 0 Å². The minimum Gasteiger partial charge on any atom is -0.475 e. The zero-order chi connectivity index (χ0) is 36.2. The minimum atomic E-state index is -5.08. The molecule has 5 rings (SSSR count). The quantitative estimate of drug-likeness (QED) is 0.172. The van der Waals surface area contributed by atoms with Crippen molar-refractivity contribution in [2.75, 3.05) is 11.1 Å². The zero-order valence-corrected chi connectivity index (χ0v) is 23.5. The zero-order valence-electron chi connectivity index (χ0n) is 23.5. The van der Waals surface area contributed by atoms with E-state index in [4.69, 9.17) is 30.1 Å². The summed E-state index contributed by atoms with van der Waals surface area (Å²) in [4.78, 5) is 34.9. The van der Waals surface area contributed by atoms with Gasteiger partial charge in [-0.3, -0.25) is 4.79 Å². The van der Waals surface area contributed by atoms with Crippen molar-refractivity contribution in [3.05, 3.63) is 78.1 Å². The highest BCUT2D eigenvalue weighted by molar-refractivity contribution is 6.03. The van der Waals surface area contributed by atoms with Crippen LogP contribution in [0.25, 0.3) is 22.3 Å². The van der Waals surface area contributed by atoms with Crippen molar-refractivity contribution in [3.8, 4) is 11.4 Å². The fourth-order valence-electron chi connectivity index (χ4n) is 3.51. The Labute approximate surface area is 260 Å². The SMILES string of the molecule is Cc1nccn1-c1ccc(NC(=O)c2cc(C(F)(F)F)nn2-c2ccc3onc(N)c3c2)cc1.O=C(O)C(F)(F)F.O=C(O)C(F)(F)F. The van der Waals surface area contributed by atoms with E-state index in [1.165, 1.54) is 18.2 Å². The summed E-state index contributed by atoms with van der Waals surface area (Å²) < 4.78 is 111. The van der Waals surface area contributed by atoms with Gasteiger partial charge in [-0.05, 0) is 49.4 Å². The Morgan fingerprint density at radius 1 is 0.854 bits per heavy atom. The topological polar surface area (TPSA) is 191 Å². The van der Waals surface area contributed by atoms with Crippen LogP contribution in [0.1, 0.15) is 22.0 Å². The maximum absolute atomic E-state index is 13.4. The molecule has 0 unspecified atom stereocenters. The number of carbonyl (C=O) groups is 3. The number of alkyl halides is 9. The number of fused-ring (bicyclic) bond motifs is 1. The molecule has 0 saturated carbocycles. The molecule has 0 saturated heterocycles. The maximum Gasteiger partial charge on any atom is 0.490 e. The molecule has 5 N–H and O–H groups in total. The van der Waals surface area contributed by atoms with Crippen molar-refractivity contribution in [2.45, 2.75) is 25.5 Å². The van der Waals surface area contributed by atoms with Crippen LogP contribution in [0.4, 0.5) is 51.0 Å². The summed E-state index contributed by atoms with van der Waals surface area (Å²) in [6.45, 7) is 1.85. The van der Waals surface area contributed by atoms with Crippen molar-refractivity contribution in [1.29, 1.82) is 0 Å². The van der Waals surface area contributed by atoms with Gasteiger partial charge in [0.1, 0.15) is 11.5 Å². The van der Waals surface area contributed by atoms with Gasteiger partial charge in [-0.15, -0.1) is 0 Å². The highest BCUT2D eigenvalue weighted by Crippen LogP contribution is 2.31. The lowest BCUT2D eigenvalue weighted by atomic mass is 10.2. The molecule has 5 aromatic rings. The number of nitrogens with zero attached hydrogens (tertiary/aromatic N) is 5. The second kappa shape index (κ2) is 13.7. The Bertz CT molecular complexity index is 1900. The van der Waals surface area contributed by atoms with Gasteiger partial charge in [0.15, 0.2) is 17.1 Å². The number of benzene rings is 2. The summed E-state index contributed by atoms with van der Waals surface area (Å²) in [5.41, 5.74) is 5.99. The molecule has 0 aliphatic heterocycles. The second-order valence-corrected chi connectivity index (χ2v) is 9.02. The molecule has 13 nitrogen and oxygen atoms in total. The molecule has 0 spiro atoms. The third kappa shape index (κ3) is 9.01. The molecule has 0 atom stereocenters. The van der Waals surface area contributed by atoms with Crippen LogP contribution in [0.5, 0.6) is 0 Å². The lowest BCUT2D eigenvalue weighted by Crippen LogP contribution is -2.21. The number of aromatic nitrogens is 5. The molecule has 3 heterocycles. The Morgan fingerprint density at radius 2 is 1.40 bits per heavy atom. The third-order valence-electron chi connectivity index (χ3n) is 5.67. The first kappa shape index (κ1) is 36.4. The lowest BCUT2D eigenvalue weighted by Gasteiger charge is -2.10. The van der Waals surface area contributed by atoms with Gasteiger partial charge in [0, 0.05) is 29.8 Å². The van der Waals surface area contributed by atoms with Crippen molar-refractivity contribution >= 4 is 40.3 Å². The standard InChI is InChI=1S/C22H16F3N7O2.2C2HF3O2/c1-12-27-8-9-31(12)14-4-2-13(3-5-14)28-21(33)17-11-19(22(23,24)25)29-32(17)15-6-7-18-16(10-15)20(26)30-34-18;2*3-2(4,5)1(6)7/h2-11H,1H3,(H2,26,30)(H,28,33);2*(H,6,7). The number of nitrogens with one attached hydrogen (secondary N) is 1. The fourth-order valence-corrected chi connectivity index (χ4v) is 3.51. The highest BCUT2D eigenvalue weighted by atomic mass is 19.4. The molecular weight excluding hydrogens is 677 g/mol. The number of carboxylic acid groups (broad SMARTS) is 2. The number of carbonyl (C=O) groups excluding carboxylic acids is 1. The van der Waals surface area contributed by atoms with Crippen molar-refractivity contribution in [1.82, 2.24) is 24.5 Å². The number of rotatable bonds is 4. The first-order valence-corrected chi connectivity index (χ1v) is 12.4. The average Bonchev–Trinajstić information content (AvgIpc) is 3.71. The van der Waals surface area contributed by atoms with Gasteiger partial charge >= 0.3 is 30.5 Å². The predicted molar refractivity (Wildman–Crippen MR) is 144 cm³/mol. The van der Waals surface area contributed by atoms with Crippen LogP contribution in [0.3, 0.4) is 0 Å². The molecule has 0 fully saturated rings. The Balaban J connectivity index is 0.000000376. The van der Waals surface area contributed by atoms with Crippen LogP contribution in [0, 0.1) is 6.92 Å². The summed E-state index contributed by atoms with van der Waals surface area (Å²) in [5.74, 6) is -5.43. The number of imidazole rings is 1. The molecule has 0 aliphatic rings. The molecule has 256 valence electrons. The molecular formula is C26H18F9N7O6. The van der Waals surface area contributed by atoms with Crippen molar-refractivity contribution in [3.63, 3.8) is 0 Å². The van der Waals surface area contributed by atoms with E-state index in [1.807, 2.05) is 11.5 Å². The van der Waals surface area contributed by atoms with Gasteiger partial charge in [0.25, 0.3) is 5.91 Å². The summed E-state index contributed by atoms with van der Waals surface area (Å²) in [5, 5.41) is 24.5. The van der Waals surface area contributed by atoms with E-state index >= 15 is 0 Å². The Kier molecular flexibility index (Phi) is 10.4. The predicted octanol–water partition coefficient (Wildman–Crippen LogP) is 5.63. The number of nitrogen functional groups attached to an aromatic ring is 1. The van der Waals surface area contributed by atoms with E-state index in [9.17, 15) is 44.3 Å². The van der Waals surface area contributed by atoms with E-state index in [-0.39, 0.29) is 17.2 Å². The van der Waals surface area contributed by atoms with Gasteiger partial charge in [0.2, 0.25) is 0 Å². The fraction of sp³-hybridized carbons (Fsp3) is 0.154. The van der Waals surface area contributed by atoms with Gasteiger partial charge in [-0.1, -0.05) is 5.16 Å². The van der Waals surface area contributed by atoms with Crippen LogP contribution < -0.4 is 11.1 Å². The maximum atomic E-state index is 13.4. The molecule has 22 heteroatoms. The number of nitrogens with two attached hydrogens (primary N) is 1. The van der Waals surface area contributed by atoms with E-state index in [0.29, 0.717) is 22.7 Å². The molecule has 3 aromatic heterocycles. The summed E-state index contributed by atoms with van der Waals surface area (Å²) >= 11 is 0. The van der Waals surface area contributed by atoms with Gasteiger partial charge in [-0.25, -0.2) is 19.3 Å². The van der Waals surface area contributed by atoms with E-state index in [0.717, 1.165) is 16.2 Å². The molecule has 1 amide bonds. The first-order chi connectivity index (χ1) is 22.1. The minimum absolute atomic E-state index is 0.0688. The number of hydrogen-bond donors (Lipinski definition) is 4. The first-order valence-electron chi connectivity index (χ1n) is 12.4. The number of hydrogen-bond acceptors (Lipinski definition) is 8. The van der Waals surface area contributed by atoms with Gasteiger partial charge in [0.05, 0.1) is 11.1 Å². The van der Waals surface area contributed by atoms with Crippen LogP contribution in [-0.2, 0) is 15.8 Å². The monoisotopic (exact) mass is 695 g/mol. The number of anilines is 2. The normalized spacial score (nSPS) is 11.6. The Morgan fingerprint density at radius 3 is 1.88 bits per heavy atom. The van der Waals surface area contributed by atoms with Crippen molar-refractivity contribution < 1.29 is 68.6 Å². The second-order valence-electron chi connectivity index (χ2n) is 9.02. The van der Waals surface area contributed by atoms with Crippen LogP contribution in [-0.4, -0.2) is 64.9 Å². The highest BCUT2D eigenvalue weighted by Gasteiger charge is 2.39. The van der Waals surface area contributed by atoms with E-state index in [2.05, 4.69) is 20.6 Å². The van der Waals surface area contributed by atoms with Crippen LogP contribution in [0.2, 0.25) is 0 Å². The molecule has 0 bridgehead atoms. The molecule has 0 aliphatic carbocycles. The number of aryl methyl sites for hydroxylation is 1. The molecule has 48 heavy (non-hydrogen) atoms. The molecule has 0 radical (unpaired) electrons. The number of aliphatic carboxylic acids is 2. The largest absolute Gasteiger partial charge is 0.490 e. The van der Waals surface area contributed by atoms with E-state index in [1.54, 1.807) is 36.7 Å². The summed E-state index contributed by atoms with van der Waals surface area (Å²) in [7, 11) is 0. The third-order valence-corrected chi connectivity index (χ3v) is 5.67. The average molecular weight is 695 g/mol. The lowest BCUT2D eigenvalue weighted by molar-refractivity contribution is -0.193. The van der Waals surface area contributed by atoms with Crippen LogP contribution in [0.15, 0.2) is 65.4 Å².